The molecule has 1 atom stereocenters. The van der Waals surface area contributed by atoms with E-state index < -0.39 is 15.6 Å². The molecule has 1 aromatic rings. The van der Waals surface area contributed by atoms with Gasteiger partial charge in [-0.15, -0.1) is 11.3 Å². The van der Waals surface area contributed by atoms with E-state index in [4.69, 9.17) is 4.74 Å². The van der Waals surface area contributed by atoms with Gasteiger partial charge in [0.1, 0.15) is 4.90 Å². The van der Waals surface area contributed by atoms with E-state index in [2.05, 4.69) is 5.32 Å². The Morgan fingerprint density at radius 1 is 1.52 bits per heavy atom. The number of sulfonamides is 1. The second-order valence-electron chi connectivity index (χ2n) is 5.80. The monoisotopic (exact) mass is 332 g/mol. The van der Waals surface area contributed by atoms with Gasteiger partial charge in [-0.05, 0) is 44.7 Å². The molecule has 1 unspecified atom stereocenters. The number of nitrogens with one attached hydrogen (secondary N) is 1. The maximum atomic E-state index is 13.0. The number of hydrogen-bond acceptors (Lipinski definition) is 5. The summed E-state index contributed by atoms with van der Waals surface area (Å²) in [6, 6.07) is 0. The molecule has 0 aromatic carbocycles. The first-order valence-electron chi connectivity index (χ1n) is 7.11. The Morgan fingerprint density at radius 3 is 2.86 bits per heavy atom. The highest BCUT2D eigenvalue weighted by Crippen LogP contribution is 2.33. The van der Waals surface area contributed by atoms with Crippen LogP contribution >= 0.6 is 11.3 Å². The minimum atomic E-state index is -3.46. The first-order chi connectivity index (χ1) is 9.84. The van der Waals surface area contributed by atoms with Crippen LogP contribution in [-0.2, 0) is 21.3 Å². The van der Waals surface area contributed by atoms with Crippen LogP contribution in [0.2, 0.25) is 0 Å². The van der Waals surface area contributed by atoms with Crippen LogP contribution in [0.25, 0.3) is 0 Å². The Bertz CT molecular complexity index is 597. The highest BCUT2D eigenvalue weighted by molar-refractivity contribution is 7.89. The zero-order chi connectivity index (χ0) is 15.7. The van der Waals surface area contributed by atoms with Gasteiger partial charge in [-0.3, -0.25) is 0 Å². The van der Waals surface area contributed by atoms with E-state index in [0.29, 0.717) is 24.5 Å². The van der Waals surface area contributed by atoms with Gasteiger partial charge in [0.05, 0.1) is 5.60 Å². The Hall–Kier alpha value is -0.470. The van der Waals surface area contributed by atoms with E-state index in [1.165, 1.54) is 11.3 Å². The highest BCUT2D eigenvalue weighted by Gasteiger charge is 2.38. The quantitative estimate of drug-likeness (QED) is 0.895. The molecule has 120 valence electrons. The predicted octanol–water partition coefficient (Wildman–Crippen LogP) is 1.97. The summed E-state index contributed by atoms with van der Waals surface area (Å²) in [5.41, 5.74) is 0.438. The highest BCUT2D eigenvalue weighted by atomic mass is 32.2. The number of hydrogen-bond donors (Lipinski definition) is 1. The Balaban J connectivity index is 2.36. The summed E-state index contributed by atoms with van der Waals surface area (Å²) in [4.78, 5) is 1.35. The van der Waals surface area contributed by atoms with E-state index in [9.17, 15) is 8.42 Å². The lowest BCUT2D eigenvalue weighted by molar-refractivity contribution is -0.0319. The Morgan fingerprint density at radius 2 is 2.24 bits per heavy atom. The van der Waals surface area contributed by atoms with Crippen molar-refractivity contribution in [3.63, 3.8) is 0 Å². The summed E-state index contributed by atoms with van der Waals surface area (Å²) in [5, 5.41) is 4.96. The fourth-order valence-corrected chi connectivity index (χ4v) is 6.14. The number of ether oxygens (including phenoxy) is 1. The van der Waals surface area contributed by atoms with Crippen molar-refractivity contribution in [2.45, 2.75) is 43.7 Å². The van der Waals surface area contributed by atoms with Gasteiger partial charge in [0.25, 0.3) is 0 Å². The van der Waals surface area contributed by atoms with E-state index in [1.807, 2.05) is 26.3 Å². The molecule has 1 aliphatic rings. The number of rotatable bonds is 5. The van der Waals surface area contributed by atoms with Crippen molar-refractivity contribution in [2.75, 3.05) is 27.2 Å². The summed E-state index contributed by atoms with van der Waals surface area (Å²) in [6.07, 6.45) is 1.72. The van der Waals surface area contributed by atoms with Crippen molar-refractivity contribution in [1.82, 2.24) is 9.62 Å². The van der Waals surface area contributed by atoms with Crippen molar-refractivity contribution in [3.8, 4) is 0 Å². The third-order valence-corrected chi connectivity index (χ3v) is 7.35. The maximum Gasteiger partial charge on any atom is 0.244 e. The van der Waals surface area contributed by atoms with Gasteiger partial charge in [-0.2, -0.15) is 4.31 Å². The average molecular weight is 332 g/mol. The normalized spacial score (nSPS) is 24.4. The lowest BCUT2D eigenvalue weighted by atomic mass is 9.96. The molecule has 0 spiro atoms. The van der Waals surface area contributed by atoms with Gasteiger partial charge in [-0.1, -0.05) is 0 Å². The van der Waals surface area contributed by atoms with Crippen molar-refractivity contribution in [1.29, 1.82) is 0 Å². The van der Waals surface area contributed by atoms with Crippen LogP contribution in [0.5, 0.6) is 0 Å². The van der Waals surface area contributed by atoms with E-state index >= 15 is 0 Å². The van der Waals surface area contributed by atoms with Crippen LogP contribution < -0.4 is 5.32 Å². The van der Waals surface area contributed by atoms with Crippen LogP contribution in [0.1, 0.15) is 30.2 Å². The molecule has 5 nitrogen and oxygen atoms in total. The number of methoxy groups -OCH3 is 1. The van der Waals surface area contributed by atoms with E-state index in [0.717, 1.165) is 23.3 Å². The molecule has 0 amide bonds. The molecule has 0 aliphatic carbocycles. The van der Waals surface area contributed by atoms with Crippen molar-refractivity contribution >= 4 is 21.4 Å². The second-order valence-corrected chi connectivity index (χ2v) is 8.64. The van der Waals surface area contributed by atoms with Gasteiger partial charge in [0.2, 0.25) is 10.0 Å². The molecule has 1 aromatic heterocycles. The maximum absolute atomic E-state index is 13.0. The van der Waals surface area contributed by atoms with E-state index in [1.54, 1.807) is 11.4 Å². The SMILES string of the molecule is CNCc1scc(C)c1S(=O)(=O)N1CCCC(C)(OC)C1. The van der Waals surface area contributed by atoms with Gasteiger partial charge < -0.3 is 10.1 Å². The Labute approximate surface area is 131 Å². The van der Waals surface area contributed by atoms with Crippen LogP contribution in [-0.4, -0.2) is 45.6 Å². The van der Waals surface area contributed by atoms with Crippen molar-refractivity contribution in [3.05, 3.63) is 15.8 Å². The molecule has 7 heteroatoms. The Kier molecular flexibility index (Phi) is 5.10. The standard InChI is InChI=1S/C14H24N2O3S2/c1-11-9-20-12(8-15-3)13(11)21(17,18)16-7-5-6-14(2,10-16)19-4/h9,15H,5-8,10H2,1-4H3. The lowest BCUT2D eigenvalue weighted by Crippen LogP contribution is -2.49. The molecule has 0 saturated carbocycles. The molecule has 1 saturated heterocycles. The van der Waals surface area contributed by atoms with Crippen LogP contribution in [0.3, 0.4) is 0 Å². The predicted molar refractivity (Wildman–Crippen MR) is 85.2 cm³/mol. The zero-order valence-electron chi connectivity index (χ0n) is 13.1. The fourth-order valence-electron chi connectivity index (χ4n) is 2.78. The summed E-state index contributed by atoms with van der Waals surface area (Å²) in [5.74, 6) is 0. The minimum absolute atomic E-state index is 0.390. The molecular formula is C14H24N2O3S2. The first kappa shape index (κ1) is 16.9. The molecule has 21 heavy (non-hydrogen) atoms. The number of piperidine rings is 1. The number of aryl methyl sites for hydroxylation is 1. The molecule has 2 rings (SSSR count). The molecule has 2 heterocycles. The summed E-state index contributed by atoms with van der Waals surface area (Å²) >= 11 is 1.50. The molecule has 1 N–H and O–H groups in total. The van der Waals surface area contributed by atoms with E-state index in [-0.39, 0.29) is 0 Å². The fraction of sp³-hybridized carbons (Fsp3) is 0.714. The van der Waals surface area contributed by atoms with Crippen LogP contribution in [0.15, 0.2) is 10.3 Å². The third kappa shape index (κ3) is 3.32. The summed E-state index contributed by atoms with van der Waals surface area (Å²) in [6.45, 7) is 5.39. The van der Waals surface area contributed by atoms with Gasteiger partial charge >= 0.3 is 0 Å². The van der Waals surface area contributed by atoms with Crippen molar-refractivity contribution in [2.24, 2.45) is 0 Å². The lowest BCUT2D eigenvalue weighted by Gasteiger charge is -2.38. The topological polar surface area (TPSA) is 58.6 Å². The van der Waals surface area contributed by atoms with Gasteiger partial charge in [0, 0.05) is 31.6 Å². The van der Waals surface area contributed by atoms with Crippen molar-refractivity contribution < 1.29 is 13.2 Å². The number of nitrogens with zero attached hydrogens (tertiary/aromatic N) is 1. The van der Waals surface area contributed by atoms with Crippen LogP contribution in [0, 0.1) is 6.92 Å². The van der Waals surface area contributed by atoms with Gasteiger partial charge in [0.15, 0.2) is 0 Å². The van der Waals surface area contributed by atoms with Crippen LogP contribution in [0.4, 0.5) is 0 Å². The molecule has 1 fully saturated rings. The third-order valence-electron chi connectivity index (χ3n) is 4.04. The zero-order valence-corrected chi connectivity index (χ0v) is 14.7. The molecule has 0 bridgehead atoms. The first-order valence-corrected chi connectivity index (χ1v) is 9.43. The number of thiophene rings is 1. The smallest absolute Gasteiger partial charge is 0.244 e. The second kappa shape index (κ2) is 6.34. The van der Waals surface area contributed by atoms with Gasteiger partial charge in [-0.25, -0.2) is 8.42 Å². The largest absolute Gasteiger partial charge is 0.377 e. The minimum Gasteiger partial charge on any atom is -0.377 e. The molecule has 0 radical (unpaired) electrons. The average Bonchev–Trinajstić information content (AvgIpc) is 2.81. The molecule has 1 aliphatic heterocycles. The summed E-state index contributed by atoms with van der Waals surface area (Å²) in [7, 11) is 0.0193. The molecular weight excluding hydrogens is 308 g/mol. The summed E-state index contributed by atoms with van der Waals surface area (Å²) < 4.78 is 33.1.